The van der Waals surface area contributed by atoms with Gasteiger partial charge in [-0.25, -0.2) is 15.0 Å². The summed E-state index contributed by atoms with van der Waals surface area (Å²) < 4.78 is 6.52. The molecule has 0 atom stereocenters. The zero-order chi connectivity index (χ0) is 35.1. The molecule has 0 spiro atoms. The Morgan fingerprint density at radius 2 is 0.792 bits per heavy atom. The van der Waals surface area contributed by atoms with Gasteiger partial charge in [-0.2, -0.15) is 0 Å². The van der Waals surface area contributed by atoms with Gasteiger partial charge in [-0.3, -0.25) is 0 Å². The maximum Gasteiger partial charge on any atom is 0.164 e. The summed E-state index contributed by atoms with van der Waals surface area (Å²) in [6.07, 6.45) is 0. The van der Waals surface area contributed by atoms with E-state index < -0.39 is 0 Å². The zero-order valence-corrected chi connectivity index (χ0v) is 28.6. The first-order valence-electron chi connectivity index (χ1n) is 17.8. The fourth-order valence-corrected chi connectivity index (χ4v) is 7.32. The lowest BCUT2D eigenvalue weighted by atomic mass is 9.96. The average molecular weight is 678 g/mol. The SMILES string of the molecule is c1ccc(-c2ccc(-c3cccc4oc5cc(-c6nc(-c7ccccc7)nc(-c7ccc8c(-c9ccccc9)cccc8c7)n6)ccc5c34)cc2)cc1. The fraction of sp³-hybridized carbons (Fsp3) is 0. The normalized spacial score (nSPS) is 11.4. The Labute approximate surface area is 306 Å². The first-order valence-corrected chi connectivity index (χ1v) is 17.8. The highest BCUT2D eigenvalue weighted by Gasteiger charge is 2.17. The molecular formula is C49H31N3O. The van der Waals surface area contributed by atoms with Gasteiger partial charge in [0.05, 0.1) is 0 Å². The molecule has 248 valence electrons. The molecule has 53 heavy (non-hydrogen) atoms. The lowest BCUT2D eigenvalue weighted by Gasteiger charge is -2.11. The van der Waals surface area contributed by atoms with Crippen LogP contribution in [0.25, 0.3) is 100 Å². The number of rotatable bonds is 6. The van der Waals surface area contributed by atoms with Crippen LogP contribution in [-0.4, -0.2) is 15.0 Å². The lowest BCUT2D eigenvalue weighted by molar-refractivity contribution is 0.669. The monoisotopic (exact) mass is 677 g/mol. The molecule has 4 nitrogen and oxygen atoms in total. The Kier molecular flexibility index (Phi) is 7.43. The van der Waals surface area contributed by atoms with E-state index in [1.54, 1.807) is 0 Å². The molecule has 8 aromatic carbocycles. The van der Waals surface area contributed by atoms with Crippen LogP contribution in [0.15, 0.2) is 192 Å². The van der Waals surface area contributed by atoms with Crippen LogP contribution in [0, 0.1) is 0 Å². The summed E-state index contributed by atoms with van der Waals surface area (Å²) in [7, 11) is 0. The summed E-state index contributed by atoms with van der Waals surface area (Å²) in [6, 6.07) is 65.2. The number of benzene rings is 8. The van der Waals surface area contributed by atoms with Crippen LogP contribution in [0.5, 0.6) is 0 Å². The zero-order valence-electron chi connectivity index (χ0n) is 28.6. The first kappa shape index (κ1) is 30.6. The molecule has 0 radical (unpaired) electrons. The summed E-state index contributed by atoms with van der Waals surface area (Å²) in [6.45, 7) is 0. The highest BCUT2D eigenvalue weighted by atomic mass is 16.3. The van der Waals surface area contributed by atoms with Crippen molar-refractivity contribution in [3.63, 3.8) is 0 Å². The molecule has 0 aliphatic rings. The van der Waals surface area contributed by atoms with E-state index in [4.69, 9.17) is 19.4 Å². The van der Waals surface area contributed by atoms with E-state index in [1.807, 2.05) is 48.5 Å². The molecule has 10 rings (SSSR count). The minimum absolute atomic E-state index is 0.589. The van der Waals surface area contributed by atoms with Gasteiger partial charge in [0.25, 0.3) is 0 Å². The second-order valence-electron chi connectivity index (χ2n) is 13.2. The van der Waals surface area contributed by atoms with Crippen molar-refractivity contribution in [1.29, 1.82) is 0 Å². The average Bonchev–Trinajstić information content (AvgIpc) is 3.62. The molecule has 0 unspecified atom stereocenters. The summed E-state index contributed by atoms with van der Waals surface area (Å²) in [5.41, 5.74) is 11.4. The van der Waals surface area contributed by atoms with Crippen LogP contribution in [-0.2, 0) is 0 Å². The van der Waals surface area contributed by atoms with Crippen LogP contribution in [0.3, 0.4) is 0 Å². The quantitative estimate of drug-likeness (QED) is 0.176. The highest BCUT2D eigenvalue weighted by Crippen LogP contribution is 2.39. The van der Waals surface area contributed by atoms with Gasteiger partial charge in [0, 0.05) is 27.5 Å². The van der Waals surface area contributed by atoms with Gasteiger partial charge in [-0.15, -0.1) is 0 Å². The second-order valence-corrected chi connectivity index (χ2v) is 13.2. The third-order valence-electron chi connectivity index (χ3n) is 9.95. The van der Waals surface area contributed by atoms with Crippen molar-refractivity contribution in [3.05, 3.63) is 188 Å². The van der Waals surface area contributed by atoms with Crippen LogP contribution in [0.4, 0.5) is 0 Å². The molecule has 10 aromatic rings. The van der Waals surface area contributed by atoms with Gasteiger partial charge in [0.2, 0.25) is 0 Å². The Hall–Kier alpha value is -7.17. The summed E-state index contributed by atoms with van der Waals surface area (Å²) in [5, 5.41) is 4.45. The molecule has 0 saturated carbocycles. The number of hydrogen-bond acceptors (Lipinski definition) is 4. The van der Waals surface area contributed by atoms with E-state index in [9.17, 15) is 0 Å². The fourth-order valence-electron chi connectivity index (χ4n) is 7.32. The second kappa shape index (κ2) is 12.9. The number of fused-ring (bicyclic) bond motifs is 4. The number of nitrogens with zero attached hydrogens (tertiary/aromatic N) is 3. The van der Waals surface area contributed by atoms with E-state index in [1.165, 1.54) is 27.6 Å². The molecule has 0 aliphatic heterocycles. The lowest BCUT2D eigenvalue weighted by Crippen LogP contribution is -2.00. The standard InChI is InChI=1S/C49H31N3O/c1-4-12-32(13-5-1)33-22-24-35(25-23-33)42-20-11-21-44-46(42)43-29-27-39(31-45(43)53-44)49-51-47(36-16-8-3-9-17-36)50-48(52-49)38-26-28-41-37(30-38)18-10-19-40(41)34-14-6-2-7-15-34/h1-31H. The van der Waals surface area contributed by atoms with Crippen molar-refractivity contribution in [3.8, 4) is 67.5 Å². The number of hydrogen-bond donors (Lipinski definition) is 0. The van der Waals surface area contributed by atoms with Gasteiger partial charge in [-0.05, 0) is 68.4 Å². The minimum Gasteiger partial charge on any atom is -0.456 e. The van der Waals surface area contributed by atoms with Gasteiger partial charge < -0.3 is 4.42 Å². The van der Waals surface area contributed by atoms with E-state index in [0.29, 0.717) is 17.5 Å². The Morgan fingerprint density at radius 3 is 1.49 bits per heavy atom. The molecule has 0 saturated heterocycles. The highest BCUT2D eigenvalue weighted by molar-refractivity contribution is 6.13. The third-order valence-corrected chi connectivity index (χ3v) is 9.95. The Bertz CT molecular complexity index is 2920. The molecular weight excluding hydrogens is 647 g/mol. The van der Waals surface area contributed by atoms with Crippen molar-refractivity contribution >= 4 is 32.7 Å². The Balaban J connectivity index is 1.07. The van der Waals surface area contributed by atoms with Crippen LogP contribution in [0.2, 0.25) is 0 Å². The third kappa shape index (κ3) is 5.63. The maximum atomic E-state index is 6.52. The van der Waals surface area contributed by atoms with E-state index in [-0.39, 0.29) is 0 Å². The predicted molar refractivity (Wildman–Crippen MR) is 217 cm³/mol. The topological polar surface area (TPSA) is 51.8 Å². The molecule has 4 heteroatoms. The summed E-state index contributed by atoms with van der Waals surface area (Å²) >= 11 is 0. The first-order chi connectivity index (χ1) is 26.2. The largest absolute Gasteiger partial charge is 0.456 e. The van der Waals surface area contributed by atoms with Crippen molar-refractivity contribution in [2.75, 3.05) is 0 Å². The van der Waals surface area contributed by atoms with Gasteiger partial charge in [0.15, 0.2) is 17.5 Å². The molecule has 2 aromatic heterocycles. The summed E-state index contributed by atoms with van der Waals surface area (Å²) in [5.74, 6) is 1.83. The molecule has 2 heterocycles. The molecule has 0 bridgehead atoms. The van der Waals surface area contributed by atoms with E-state index in [0.717, 1.165) is 55.1 Å². The number of furan rings is 1. The maximum absolute atomic E-state index is 6.52. The minimum atomic E-state index is 0.589. The number of aromatic nitrogens is 3. The van der Waals surface area contributed by atoms with Crippen molar-refractivity contribution in [2.24, 2.45) is 0 Å². The van der Waals surface area contributed by atoms with Crippen molar-refractivity contribution in [1.82, 2.24) is 15.0 Å². The van der Waals surface area contributed by atoms with Gasteiger partial charge in [-0.1, -0.05) is 164 Å². The van der Waals surface area contributed by atoms with Gasteiger partial charge >= 0.3 is 0 Å². The van der Waals surface area contributed by atoms with Crippen LogP contribution in [0.1, 0.15) is 0 Å². The summed E-state index contributed by atoms with van der Waals surface area (Å²) in [4.78, 5) is 15.1. The predicted octanol–water partition coefficient (Wildman–Crippen LogP) is 12.9. The molecule has 0 amide bonds. The Morgan fingerprint density at radius 1 is 0.302 bits per heavy atom. The van der Waals surface area contributed by atoms with Gasteiger partial charge in [0.1, 0.15) is 11.2 Å². The van der Waals surface area contributed by atoms with Crippen LogP contribution >= 0.6 is 0 Å². The van der Waals surface area contributed by atoms with Crippen molar-refractivity contribution in [2.45, 2.75) is 0 Å². The van der Waals surface area contributed by atoms with Crippen LogP contribution < -0.4 is 0 Å². The smallest absolute Gasteiger partial charge is 0.164 e. The van der Waals surface area contributed by atoms with E-state index >= 15 is 0 Å². The molecule has 0 aliphatic carbocycles. The molecule has 0 fully saturated rings. The van der Waals surface area contributed by atoms with Crippen molar-refractivity contribution < 1.29 is 4.42 Å². The van der Waals surface area contributed by atoms with E-state index in [2.05, 4.69) is 140 Å². The molecule has 0 N–H and O–H groups in total.